The van der Waals surface area contributed by atoms with Crippen LogP contribution in [0.4, 0.5) is 5.69 Å². The molecule has 5 heteroatoms. The van der Waals surface area contributed by atoms with Crippen LogP contribution in [-0.2, 0) is 20.8 Å². The van der Waals surface area contributed by atoms with E-state index in [9.17, 15) is 14.4 Å². The molecule has 0 bridgehead atoms. The number of benzene rings is 1. The molecule has 0 aromatic heterocycles. The van der Waals surface area contributed by atoms with Crippen molar-refractivity contribution >= 4 is 23.3 Å². The number of Topliss-reactive ketones (excluding diaryl/α,β-unsaturated/α-hetero) is 1. The average molecular weight is 288 g/mol. The fourth-order valence-corrected chi connectivity index (χ4v) is 2.60. The van der Waals surface area contributed by atoms with E-state index in [0.717, 1.165) is 5.56 Å². The molecule has 1 heterocycles. The first kappa shape index (κ1) is 15.2. The van der Waals surface area contributed by atoms with Gasteiger partial charge >= 0.3 is 0 Å². The lowest BCUT2D eigenvalue weighted by Crippen LogP contribution is -2.54. The van der Waals surface area contributed by atoms with Crippen molar-refractivity contribution in [1.29, 1.82) is 0 Å². The molecule has 1 aromatic carbocycles. The molecule has 0 aliphatic carbocycles. The van der Waals surface area contributed by atoms with Crippen LogP contribution in [0.3, 0.4) is 0 Å². The Morgan fingerprint density at radius 3 is 2.52 bits per heavy atom. The van der Waals surface area contributed by atoms with Crippen LogP contribution in [0.2, 0.25) is 0 Å². The van der Waals surface area contributed by atoms with Gasteiger partial charge in [0.2, 0.25) is 11.7 Å². The van der Waals surface area contributed by atoms with Crippen LogP contribution < -0.4 is 10.2 Å². The van der Waals surface area contributed by atoms with Crippen molar-refractivity contribution in [3.8, 4) is 0 Å². The Morgan fingerprint density at radius 2 is 1.90 bits per heavy atom. The Bertz CT molecular complexity index is 581. The van der Waals surface area contributed by atoms with Gasteiger partial charge in [0.15, 0.2) is 0 Å². The number of hydrogen-bond acceptors (Lipinski definition) is 3. The minimum atomic E-state index is -0.633. The van der Waals surface area contributed by atoms with E-state index in [-0.39, 0.29) is 11.9 Å². The first-order valence-corrected chi connectivity index (χ1v) is 7.14. The molecular weight excluding hydrogens is 268 g/mol. The molecule has 1 aromatic rings. The second kappa shape index (κ2) is 6.08. The number of ketones is 1. The summed E-state index contributed by atoms with van der Waals surface area (Å²) in [6, 6.07) is 6.77. The van der Waals surface area contributed by atoms with Gasteiger partial charge in [0.05, 0.1) is 0 Å². The number of aryl methyl sites for hydroxylation is 1. The van der Waals surface area contributed by atoms with Crippen LogP contribution in [0.15, 0.2) is 24.3 Å². The van der Waals surface area contributed by atoms with Gasteiger partial charge in [-0.2, -0.15) is 0 Å². The molecule has 1 aliphatic heterocycles. The number of carbonyl (C=O) groups excluding carboxylic acids is 3. The Labute approximate surface area is 124 Å². The average Bonchev–Trinajstić information content (AvgIpc) is 2.44. The van der Waals surface area contributed by atoms with E-state index in [1.807, 2.05) is 32.0 Å². The summed E-state index contributed by atoms with van der Waals surface area (Å²) in [7, 11) is 0. The van der Waals surface area contributed by atoms with E-state index in [4.69, 9.17) is 0 Å². The van der Waals surface area contributed by atoms with E-state index < -0.39 is 17.7 Å². The Balaban J connectivity index is 2.40. The molecule has 2 amide bonds. The molecule has 0 saturated carbocycles. The van der Waals surface area contributed by atoms with Crippen molar-refractivity contribution in [3.63, 3.8) is 0 Å². The number of nitrogens with one attached hydrogen (secondary N) is 1. The monoisotopic (exact) mass is 288 g/mol. The quantitative estimate of drug-likeness (QED) is 0.856. The van der Waals surface area contributed by atoms with Gasteiger partial charge in [-0.1, -0.05) is 18.2 Å². The molecule has 0 radical (unpaired) electrons. The van der Waals surface area contributed by atoms with Crippen LogP contribution in [0.25, 0.3) is 0 Å². The highest BCUT2D eigenvalue weighted by molar-refractivity contribution is 6.41. The maximum absolute atomic E-state index is 12.3. The summed E-state index contributed by atoms with van der Waals surface area (Å²) in [6.45, 7) is 4.97. The van der Waals surface area contributed by atoms with Crippen LogP contribution in [0.5, 0.6) is 0 Å². The van der Waals surface area contributed by atoms with Gasteiger partial charge in [-0.3, -0.25) is 19.3 Å². The van der Waals surface area contributed by atoms with E-state index in [0.29, 0.717) is 18.5 Å². The second-order valence-corrected chi connectivity index (χ2v) is 5.58. The summed E-state index contributed by atoms with van der Waals surface area (Å²) < 4.78 is 0. The first-order valence-electron chi connectivity index (χ1n) is 7.14. The highest BCUT2D eigenvalue weighted by Crippen LogP contribution is 2.31. The smallest absolute Gasteiger partial charge is 0.294 e. The third-order valence-corrected chi connectivity index (χ3v) is 3.50. The molecule has 1 N–H and O–H groups in total. The fourth-order valence-electron chi connectivity index (χ4n) is 2.60. The van der Waals surface area contributed by atoms with Crippen molar-refractivity contribution in [1.82, 2.24) is 5.32 Å². The highest BCUT2D eigenvalue weighted by atomic mass is 16.2. The summed E-state index contributed by atoms with van der Waals surface area (Å²) in [5, 5.41) is 2.82. The van der Waals surface area contributed by atoms with Crippen molar-refractivity contribution < 1.29 is 14.4 Å². The molecule has 21 heavy (non-hydrogen) atoms. The lowest BCUT2D eigenvalue weighted by atomic mass is 9.94. The number of nitrogens with zero attached hydrogens (tertiary/aromatic N) is 1. The van der Waals surface area contributed by atoms with E-state index >= 15 is 0 Å². The molecule has 0 saturated heterocycles. The zero-order valence-corrected chi connectivity index (χ0v) is 12.6. The number of anilines is 1. The van der Waals surface area contributed by atoms with E-state index in [1.54, 1.807) is 6.07 Å². The standard InChI is InChI=1S/C16H20N2O3/c1-10(2)17-15(20)14-9-8-12-6-4-5-7-13(12)18(14)16(21)11(3)19/h4-7,10,14H,8-9H2,1-3H3,(H,17,20). The third-order valence-electron chi connectivity index (χ3n) is 3.50. The minimum Gasteiger partial charge on any atom is -0.352 e. The summed E-state index contributed by atoms with van der Waals surface area (Å²) in [5.41, 5.74) is 1.65. The Hall–Kier alpha value is -2.17. The van der Waals surface area contributed by atoms with Gasteiger partial charge in [0, 0.05) is 18.7 Å². The summed E-state index contributed by atoms with van der Waals surface area (Å²) in [4.78, 5) is 37.5. The Kier molecular flexibility index (Phi) is 4.40. The van der Waals surface area contributed by atoms with Crippen LogP contribution in [0, 0.1) is 0 Å². The number of fused-ring (bicyclic) bond motifs is 1. The lowest BCUT2D eigenvalue weighted by molar-refractivity contribution is -0.136. The minimum absolute atomic E-state index is 0.0102. The van der Waals surface area contributed by atoms with Crippen LogP contribution in [-0.4, -0.2) is 29.7 Å². The van der Waals surface area contributed by atoms with Gasteiger partial charge in [-0.05, 0) is 38.3 Å². The van der Waals surface area contributed by atoms with Crippen molar-refractivity contribution in [2.24, 2.45) is 0 Å². The lowest BCUT2D eigenvalue weighted by Gasteiger charge is -2.36. The first-order chi connectivity index (χ1) is 9.91. The zero-order chi connectivity index (χ0) is 15.6. The molecular formula is C16H20N2O3. The number of hydrogen-bond donors (Lipinski definition) is 1. The Morgan fingerprint density at radius 1 is 1.24 bits per heavy atom. The van der Waals surface area contributed by atoms with Gasteiger partial charge < -0.3 is 5.32 Å². The molecule has 112 valence electrons. The number of carbonyl (C=O) groups is 3. The highest BCUT2D eigenvalue weighted by Gasteiger charge is 2.36. The summed E-state index contributed by atoms with van der Waals surface area (Å²) >= 11 is 0. The number of amides is 2. The maximum Gasteiger partial charge on any atom is 0.294 e. The van der Waals surface area contributed by atoms with Gasteiger partial charge in [0.25, 0.3) is 5.91 Å². The fraction of sp³-hybridized carbons (Fsp3) is 0.438. The summed E-state index contributed by atoms with van der Waals surface area (Å²) in [5.74, 6) is -1.41. The molecule has 5 nitrogen and oxygen atoms in total. The van der Waals surface area contributed by atoms with Gasteiger partial charge in [-0.25, -0.2) is 0 Å². The van der Waals surface area contributed by atoms with Gasteiger partial charge in [-0.15, -0.1) is 0 Å². The van der Waals surface area contributed by atoms with Crippen molar-refractivity contribution in [3.05, 3.63) is 29.8 Å². The SMILES string of the molecule is CC(=O)C(=O)N1c2ccccc2CCC1C(=O)NC(C)C. The normalized spacial score (nSPS) is 17.3. The molecule has 1 atom stereocenters. The van der Waals surface area contributed by atoms with E-state index in [1.165, 1.54) is 11.8 Å². The molecule has 2 rings (SSSR count). The largest absolute Gasteiger partial charge is 0.352 e. The van der Waals surface area contributed by atoms with E-state index in [2.05, 4.69) is 5.32 Å². The molecule has 0 spiro atoms. The predicted molar refractivity (Wildman–Crippen MR) is 80.0 cm³/mol. The zero-order valence-electron chi connectivity index (χ0n) is 12.6. The third kappa shape index (κ3) is 3.12. The van der Waals surface area contributed by atoms with Crippen molar-refractivity contribution in [2.45, 2.75) is 45.7 Å². The van der Waals surface area contributed by atoms with Crippen LogP contribution >= 0.6 is 0 Å². The summed E-state index contributed by atoms with van der Waals surface area (Å²) in [6.07, 6.45) is 1.24. The topological polar surface area (TPSA) is 66.5 Å². The predicted octanol–water partition coefficient (Wildman–Crippen LogP) is 1.45. The molecule has 0 fully saturated rings. The van der Waals surface area contributed by atoms with Gasteiger partial charge in [0.1, 0.15) is 6.04 Å². The van der Waals surface area contributed by atoms with Crippen LogP contribution in [0.1, 0.15) is 32.8 Å². The maximum atomic E-state index is 12.3. The number of para-hydroxylation sites is 1. The molecule has 1 unspecified atom stereocenters. The molecule has 1 aliphatic rings. The second-order valence-electron chi connectivity index (χ2n) is 5.58. The number of rotatable bonds is 3. The van der Waals surface area contributed by atoms with Crippen molar-refractivity contribution in [2.75, 3.05) is 4.90 Å².